The smallest absolute Gasteiger partial charge is 0.243 e. The number of nitrogens with one attached hydrogen (secondary N) is 1. The molecule has 1 aliphatic carbocycles. The first-order chi connectivity index (χ1) is 21.0. The van der Waals surface area contributed by atoms with Crippen LogP contribution in [0.15, 0.2) is 72.8 Å². The molecule has 3 aromatic carbocycles. The molecule has 2 amide bonds. The predicted molar refractivity (Wildman–Crippen MR) is 168 cm³/mol. The summed E-state index contributed by atoms with van der Waals surface area (Å²) in [5, 5.41) is 3.21. The molecule has 10 heteroatoms. The number of anilines is 1. The molecule has 0 aromatic heterocycles. The van der Waals surface area contributed by atoms with Crippen molar-refractivity contribution >= 4 is 27.5 Å². The summed E-state index contributed by atoms with van der Waals surface area (Å²) < 4.78 is 53.6. The van der Waals surface area contributed by atoms with Gasteiger partial charge in [-0.15, -0.1) is 0 Å². The van der Waals surface area contributed by atoms with Crippen LogP contribution in [-0.2, 0) is 32.6 Å². The molecule has 1 N–H and O–H groups in total. The SMILES string of the molecule is Cc1ccccc1CN(C(=O)CCCN(c1ccc(F)c(F)c1)S(C)(=O)=O)C(Cc1ccccc1)C(=O)NC1CCCCC1. The Morgan fingerprint density at radius 2 is 1.61 bits per heavy atom. The molecule has 3 aromatic rings. The molecule has 7 nitrogen and oxygen atoms in total. The first kappa shape index (κ1) is 33.1. The molecular formula is C34H41F2N3O4S. The maximum absolute atomic E-state index is 14.0. The van der Waals surface area contributed by atoms with Gasteiger partial charge in [0.05, 0.1) is 11.9 Å². The largest absolute Gasteiger partial charge is 0.352 e. The quantitative estimate of drug-likeness (QED) is 0.256. The zero-order valence-electron chi connectivity index (χ0n) is 25.3. The average Bonchev–Trinajstić information content (AvgIpc) is 3.00. The van der Waals surface area contributed by atoms with E-state index < -0.39 is 27.7 Å². The number of amides is 2. The van der Waals surface area contributed by atoms with Gasteiger partial charge in [-0.25, -0.2) is 17.2 Å². The van der Waals surface area contributed by atoms with E-state index in [0.29, 0.717) is 6.42 Å². The van der Waals surface area contributed by atoms with Crippen LogP contribution in [0.25, 0.3) is 0 Å². The second-order valence-corrected chi connectivity index (χ2v) is 13.4. The van der Waals surface area contributed by atoms with Crippen LogP contribution in [0.1, 0.15) is 61.6 Å². The van der Waals surface area contributed by atoms with Gasteiger partial charge in [0.15, 0.2) is 11.6 Å². The van der Waals surface area contributed by atoms with Gasteiger partial charge < -0.3 is 10.2 Å². The normalized spacial score (nSPS) is 14.5. The summed E-state index contributed by atoms with van der Waals surface area (Å²) in [6.45, 7) is 2.05. The van der Waals surface area contributed by atoms with Crippen LogP contribution in [0.4, 0.5) is 14.5 Å². The Bertz CT molecular complexity index is 1530. The molecule has 0 radical (unpaired) electrons. The molecule has 236 valence electrons. The van der Waals surface area contributed by atoms with E-state index in [1.807, 2.05) is 61.5 Å². The monoisotopic (exact) mass is 625 g/mol. The van der Waals surface area contributed by atoms with E-state index in [1.54, 1.807) is 4.90 Å². The van der Waals surface area contributed by atoms with Gasteiger partial charge >= 0.3 is 0 Å². The summed E-state index contributed by atoms with van der Waals surface area (Å²) in [4.78, 5) is 29.6. The van der Waals surface area contributed by atoms with Gasteiger partial charge in [-0.05, 0) is 55.0 Å². The Labute approximate surface area is 259 Å². The molecule has 1 fully saturated rings. The van der Waals surface area contributed by atoms with Crippen LogP contribution >= 0.6 is 0 Å². The maximum atomic E-state index is 14.0. The zero-order valence-corrected chi connectivity index (χ0v) is 26.2. The number of nitrogens with zero attached hydrogens (tertiary/aromatic N) is 2. The molecule has 44 heavy (non-hydrogen) atoms. The van der Waals surface area contributed by atoms with Gasteiger partial charge in [0.1, 0.15) is 6.04 Å². The highest BCUT2D eigenvalue weighted by molar-refractivity contribution is 7.92. The number of carbonyl (C=O) groups excluding carboxylic acids is 2. The molecule has 1 aliphatic rings. The lowest BCUT2D eigenvalue weighted by Crippen LogP contribution is -2.53. The zero-order chi connectivity index (χ0) is 31.7. The Hall–Kier alpha value is -3.79. The minimum absolute atomic E-state index is 0.0237. The van der Waals surface area contributed by atoms with E-state index in [0.717, 1.165) is 71.5 Å². The van der Waals surface area contributed by atoms with Crippen molar-refractivity contribution in [2.24, 2.45) is 0 Å². The molecule has 0 bridgehead atoms. The predicted octanol–water partition coefficient (Wildman–Crippen LogP) is 5.91. The Balaban J connectivity index is 1.60. The molecule has 1 atom stereocenters. The molecule has 0 spiro atoms. The first-order valence-electron chi connectivity index (χ1n) is 15.1. The van der Waals surface area contributed by atoms with Crippen LogP contribution in [0.5, 0.6) is 0 Å². The molecule has 0 heterocycles. The van der Waals surface area contributed by atoms with Gasteiger partial charge in [-0.2, -0.15) is 0 Å². The van der Waals surface area contributed by atoms with Gasteiger partial charge in [0, 0.05) is 38.0 Å². The summed E-state index contributed by atoms with van der Waals surface area (Å²) in [5.74, 6) is -2.75. The fourth-order valence-electron chi connectivity index (χ4n) is 5.71. The van der Waals surface area contributed by atoms with Crippen LogP contribution < -0.4 is 9.62 Å². The van der Waals surface area contributed by atoms with Crippen molar-refractivity contribution < 1.29 is 26.8 Å². The summed E-state index contributed by atoms with van der Waals surface area (Å²) >= 11 is 0. The summed E-state index contributed by atoms with van der Waals surface area (Å²) in [7, 11) is -3.85. The van der Waals surface area contributed by atoms with Crippen LogP contribution in [-0.4, -0.2) is 50.0 Å². The topological polar surface area (TPSA) is 86.8 Å². The van der Waals surface area contributed by atoms with Crippen molar-refractivity contribution in [1.82, 2.24) is 10.2 Å². The van der Waals surface area contributed by atoms with Gasteiger partial charge in [-0.3, -0.25) is 13.9 Å². The average molecular weight is 626 g/mol. The second-order valence-electron chi connectivity index (χ2n) is 11.5. The van der Waals surface area contributed by atoms with Crippen molar-refractivity contribution in [3.05, 3.63) is 101 Å². The number of halogens is 2. The van der Waals surface area contributed by atoms with Crippen molar-refractivity contribution in [3.63, 3.8) is 0 Å². The van der Waals surface area contributed by atoms with E-state index in [2.05, 4.69) is 5.32 Å². The lowest BCUT2D eigenvalue weighted by molar-refractivity contribution is -0.141. The summed E-state index contributed by atoms with van der Waals surface area (Å²) in [6, 6.07) is 19.4. The number of carbonyl (C=O) groups is 2. The maximum Gasteiger partial charge on any atom is 0.243 e. The molecular weight excluding hydrogens is 584 g/mol. The van der Waals surface area contributed by atoms with Crippen molar-refractivity contribution in [1.29, 1.82) is 0 Å². The Morgan fingerprint density at radius 1 is 0.932 bits per heavy atom. The number of benzene rings is 3. The molecule has 1 saturated carbocycles. The highest BCUT2D eigenvalue weighted by atomic mass is 32.2. The minimum Gasteiger partial charge on any atom is -0.352 e. The first-order valence-corrected chi connectivity index (χ1v) is 17.0. The van der Waals surface area contributed by atoms with Gasteiger partial charge in [-0.1, -0.05) is 73.9 Å². The summed E-state index contributed by atoms with van der Waals surface area (Å²) in [6.07, 6.45) is 6.41. The summed E-state index contributed by atoms with van der Waals surface area (Å²) in [5.41, 5.74) is 2.78. The number of rotatable bonds is 13. The minimum atomic E-state index is -3.85. The van der Waals surface area contributed by atoms with Crippen molar-refractivity contribution in [2.45, 2.75) is 76.9 Å². The molecule has 4 rings (SSSR count). The van der Waals surface area contributed by atoms with Gasteiger partial charge in [0.2, 0.25) is 21.8 Å². The molecule has 1 unspecified atom stereocenters. The Kier molecular flexibility index (Phi) is 11.5. The van der Waals surface area contributed by atoms with E-state index in [1.165, 1.54) is 6.07 Å². The second kappa shape index (κ2) is 15.3. The van der Waals surface area contributed by atoms with Crippen LogP contribution in [0.2, 0.25) is 0 Å². The fourth-order valence-corrected chi connectivity index (χ4v) is 6.67. The Morgan fingerprint density at radius 3 is 2.27 bits per heavy atom. The highest BCUT2D eigenvalue weighted by Gasteiger charge is 2.32. The fraction of sp³-hybridized carbons (Fsp3) is 0.412. The molecule has 0 saturated heterocycles. The van der Waals surface area contributed by atoms with E-state index in [9.17, 15) is 26.8 Å². The third kappa shape index (κ3) is 9.11. The van der Waals surface area contributed by atoms with E-state index in [4.69, 9.17) is 0 Å². The van der Waals surface area contributed by atoms with Crippen LogP contribution in [0, 0.1) is 18.6 Å². The lowest BCUT2D eigenvalue weighted by atomic mass is 9.94. The lowest BCUT2D eigenvalue weighted by Gasteiger charge is -2.34. The number of hydrogen-bond donors (Lipinski definition) is 1. The third-order valence-corrected chi connectivity index (χ3v) is 9.36. The van der Waals surface area contributed by atoms with E-state index >= 15 is 0 Å². The number of sulfonamides is 1. The van der Waals surface area contributed by atoms with Gasteiger partial charge in [0.25, 0.3) is 0 Å². The third-order valence-electron chi connectivity index (χ3n) is 8.17. The number of hydrogen-bond acceptors (Lipinski definition) is 4. The van der Waals surface area contributed by atoms with Crippen LogP contribution in [0.3, 0.4) is 0 Å². The number of aryl methyl sites for hydroxylation is 1. The standard InChI is InChI=1S/C34H41F2N3O4S/c1-25-12-9-10-15-27(25)24-38(32(22-26-13-5-3-6-14-26)34(41)37-28-16-7-4-8-17-28)33(40)18-11-21-39(44(2,42)43)29-19-20-30(35)31(36)23-29/h3,5-6,9-10,12-15,19-20,23,28,32H,4,7-8,11,16-18,21-22,24H2,1-2H3,(H,37,41). The highest BCUT2D eigenvalue weighted by Crippen LogP contribution is 2.23. The van der Waals surface area contributed by atoms with E-state index in [-0.39, 0.29) is 49.5 Å². The van der Waals surface area contributed by atoms with Crippen molar-refractivity contribution in [3.8, 4) is 0 Å². The molecule has 0 aliphatic heterocycles. The van der Waals surface area contributed by atoms with Crippen molar-refractivity contribution in [2.75, 3.05) is 17.1 Å².